The molecule has 5 nitrogen and oxygen atoms in total. The Hall–Kier alpha value is -1.69. The third-order valence-electron chi connectivity index (χ3n) is 3.98. The number of benzene rings is 1. The number of rotatable bonds is 5. The molecule has 0 saturated carbocycles. The molecule has 0 aromatic heterocycles. The number of carbonyl (C=O) groups excluding carboxylic acids is 2. The van der Waals surface area contributed by atoms with Gasteiger partial charge >= 0.3 is 0 Å². The Balaban J connectivity index is 1.90. The van der Waals surface area contributed by atoms with Crippen molar-refractivity contribution in [3.63, 3.8) is 0 Å². The van der Waals surface area contributed by atoms with Crippen LogP contribution in [0.5, 0.6) is 5.75 Å². The normalized spacial score (nSPS) is 16.1. The fourth-order valence-corrected chi connectivity index (χ4v) is 3.42. The summed E-state index contributed by atoms with van der Waals surface area (Å²) < 4.78 is 5.11. The smallest absolute Gasteiger partial charge is 0.253 e. The molecule has 1 fully saturated rings. The number of piperazine rings is 1. The highest BCUT2D eigenvalue weighted by Gasteiger charge is 2.27. The molecule has 1 aliphatic heterocycles. The number of ether oxygens (including phenoxy) is 1. The number of hydrogen-bond acceptors (Lipinski definition) is 4. The first kappa shape index (κ1) is 17.7. The van der Waals surface area contributed by atoms with E-state index in [9.17, 15) is 9.59 Å². The highest BCUT2D eigenvalue weighted by Crippen LogP contribution is 2.17. The lowest BCUT2D eigenvalue weighted by molar-refractivity contribution is -0.131. The molecule has 126 valence electrons. The van der Waals surface area contributed by atoms with Gasteiger partial charge in [-0.1, -0.05) is 6.92 Å². The lowest BCUT2D eigenvalue weighted by Gasteiger charge is -2.36. The molecule has 1 aromatic rings. The second-order valence-electron chi connectivity index (χ2n) is 5.44. The van der Waals surface area contributed by atoms with Crippen molar-refractivity contribution in [3.05, 3.63) is 29.8 Å². The monoisotopic (exact) mass is 336 g/mol. The Kier molecular flexibility index (Phi) is 6.33. The summed E-state index contributed by atoms with van der Waals surface area (Å²) in [6.07, 6.45) is 0. The maximum Gasteiger partial charge on any atom is 0.253 e. The van der Waals surface area contributed by atoms with Crippen LogP contribution in [0.25, 0.3) is 0 Å². The summed E-state index contributed by atoms with van der Waals surface area (Å²) in [4.78, 5) is 28.5. The first-order valence-corrected chi connectivity index (χ1v) is 8.95. The van der Waals surface area contributed by atoms with Crippen molar-refractivity contribution in [2.45, 2.75) is 19.1 Å². The lowest BCUT2D eigenvalue weighted by Crippen LogP contribution is -2.52. The van der Waals surface area contributed by atoms with Gasteiger partial charge in [0.15, 0.2) is 0 Å². The summed E-state index contributed by atoms with van der Waals surface area (Å²) in [7, 11) is 1.60. The van der Waals surface area contributed by atoms with Gasteiger partial charge in [-0.3, -0.25) is 9.59 Å². The Morgan fingerprint density at radius 2 is 1.70 bits per heavy atom. The molecular formula is C17H24N2O3S. The molecule has 0 N–H and O–H groups in total. The average molecular weight is 336 g/mol. The number of methoxy groups -OCH3 is 1. The van der Waals surface area contributed by atoms with E-state index in [1.54, 1.807) is 43.1 Å². The zero-order valence-corrected chi connectivity index (χ0v) is 14.8. The zero-order chi connectivity index (χ0) is 16.8. The van der Waals surface area contributed by atoms with Crippen LogP contribution in [0.15, 0.2) is 24.3 Å². The van der Waals surface area contributed by atoms with Crippen LogP contribution in [0.2, 0.25) is 0 Å². The molecule has 1 aliphatic rings. The molecule has 0 unspecified atom stereocenters. The summed E-state index contributed by atoms with van der Waals surface area (Å²) in [5.41, 5.74) is 0.653. The summed E-state index contributed by atoms with van der Waals surface area (Å²) in [6, 6.07) is 7.13. The summed E-state index contributed by atoms with van der Waals surface area (Å²) in [5, 5.41) is -0.0103. The fraction of sp³-hybridized carbons (Fsp3) is 0.529. The van der Waals surface area contributed by atoms with Crippen molar-refractivity contribution in [3.8, 4) is 5.75 Å². The van der Waals surface area contributed by atoms with Gasteiger partial charge in [0.1, 0.15) is 5.75 Å². The second kappa shape index (κ2) is 8.24. The van der Waals surface area contributed by atoms with Gasteiger partial charge in [-0.15, -0.1) is 11.8 Å². The van der Waals surface area contributed by atoms with Crippen molar-refractivity contribution >= 4 is 23.6 Å². The van der Waals surface area contributed by atoms with E-state index in [-0.39, 0.29) is 17.1 Å². The van der Waals surface area contributed by atoms with Gasteiger partial charge in [0.25, 0.3) is 5.91 Å². The van der Waals surface area contributed by atoms with Crippen LogP contribution >= 0.6 is 11.8 Å². The molecule has 23 heavy (non-hydrogen) atoms. The van der Waals surface area contributed by atoms with E-state index >= 15 is 0 Å². The Bertz CT molecular complexity index is 539. The molecule has 0 bridgehead atoms. The van der Waals surface area contributed by atoms with E-state index < -0.39 is 0 Å². The number of carbonyl (C=O) groups is 2. The van der Waals surface area contributed by atoms with Crippen LogP contribution in [0.3, 0.4) is 0 Å². The standard InChI is InChI=1S/C17H24N2O3S/c1-4-23-13(2)16(20)18-9-11-19(12-10-18)17(21)14-5-7-15(22-3)8-6-14/h5-8,13H,4,9-12H2,1-3H3/t13-/m1/s1. The largest absolute Gasteiger partial charge is 0.497 e. The van der Waals surface area contributed by atoms with Crippen LogP contribution in [-0.2, 0) is 4.79 Å². The molecule has 0 aliphatic carbocycles. The minimum atomic E-state index is -0.0103. The predicted molar refractivity (Wildman–Crippen MR) is 93.1 cm³/mol. The van der Waals surface area contributed by atoms with Gasteiger partial charge in [-0.05, 0) is 36.9 Å². The van der Waals surface area contributed by atoms with Gasteiger partial charge < -0.3 is 14.5 Å². The van der Waals surface area contributed by atoms with E-state index in [2.05, 4.69) is 6.92 Å². The van der Waals surface area contributed by atoms with Gasteiger partial charge in [0.05, 0.1) is 12.4 Å². The highest BCUT2D eigenvalue weighted by molar-refractivity contribution is 8.00. The van der Waals surface area contributed by atoms with Crippen molar-refractivity contribution in [2.24, 2.45) is 0 Å². The Morgan fingerprint density at radius 1 is 1.13 bits per heavy atom. The van der Waals surface area contributed by atoms with E-state index in [0.717, 1.165) is 11.5 Å². The third kappa shape index (κ3) is 4.41. The van der Waals surface area contributed by atoms with Gasteiger partial charge in [0.2, 0.25) is 5.91 Å². The minimum absolute atomic E-state index is 0.00994. The molecule has 2 rings (SSSR count). The van der Waals surface area contributed by atoms with Crippen molar-refractivity contribution in [2.75, 3.05) is 39.0 Å². The maximum absolute atomic E-state index is 12.5. The summed E-state index contributed by atoms with van der Waals surface area (Å²) in [5.74, 6) is 1.85. The second-order valence-corrected chi connectivity index (χ2v) is 7.06. The SMILES string of the molecule is CCS[C@H](C)C(=O)N1CCN(C(=O)c2ccc(OC)cc2)CC1. The van der Waals surface area contributed by atoms with Crippen LogP contribution < -0.4 is 4.74 Å². The van der Waals surface area contributed by atoms with E-state index in [0.29, 0.717) is 31.7 Å². The molecule has 1 atom stereocenters. The van der Waals surface area contributed by atoms with Crippen LogP contribution in [0.1, 0.15) is 24.2 Å². The zero-order valence-electron chi connectivity index (χ0n) is 13.9. The topological polar surface area (TPSA) is 49.9 Å². The van der Waals surface area contributed by atoms with Crippen LogP contribution in [-0.4, -0.2) is 65.9 Å². The number of thioether (sulfide) groups is 1. The molecular weight excluding hydrogens is 312 g/mol. The fourth-order valence-electron chi connectivity index (χ4n) is 2.62. The molecule has 6 heteroatoms. The Labute approximate surface area is 142 Å². The van der Waals surface area contributed by atoms with Crippen molar-refractivity contribution in [1.29, 1.82) is 0 Å². The van der Waals surface area contributed by atoms with E-state index in [4.69, 9.17) is 4.74 Å². The number of hydrogen-bond donors (Lipinski definition) is 0. The summed E-state index contributed by atoms with van der Waals surface area (Å²) in [6.45, 7) is 6.39. The highest BCUT2D eigenvalue weighted by atomic mass is 32.2. The predicted octanol–water partition coefficient (Wildman–Crippen LogP) is 2.12. The van der Waals surface area contributed by atoms with Gasteiger partial charge in [0, 0.05) is 31.7 Å². The quantitative estimate of drug-likeness (QED) is 0.826. The van der Waals surface area contributed by atoms with Crippen molar-refractivity contribution in [1.82, 2.24) is 9.80 Å². The molecule has 1 aromatic carbocycles. The van der Waals surface area contributed by atoms with E-state index in [1.165, 1.54) is 0 Å². The molecule has 2 amide bonds. The first-order chi connectivity index (χ1) is 11.1. The maximum atomic E-state index is 12.5. The van der Waals surface area contributed by atoms with Crippen LogP contribution in [0.4, 0.5) is 0 Å². The minimum Gasteiger partial charge on any atom is -0.497 e. The average Bonchev–Trinajstić information content (AvgIpc) is 2.61. The third-order valence-corrected chi connectivity index (χ3v) is 5.01. The molecule has 0 radical (unpaired) electrons. The van der Waals surface area contributed by atoms with Crippen molar-refractivity contribution < 1.29 is 14.3 Å². The molecule has 1 heterocycles. The van der Waals surface area contributed by atoms with Gasteiger partial charge in [-0.2, -0.15) is 0 Å². The molecule has 1 saturated heterocycles. The lowest BCUT2D eigenvalue weighted by atomic mass is 10.1. The number of amides is 2. The van der Waals surface area contributed by atoms with E-state index in [1.807, 2.05) is 16.7 Å². The first-order valence-electron chi connectivity index (χ1n) is 7.90. The summed E-state index contributed by atoms with van der Waals surface area (Å²) >= 11 is 1.66. The number of nitrogens with zero attached hydrogens (tertiary/aromatic N) is 2. The Morgan fingerprint density at radius 3 is 2.22 bits per heavy atom. The molecule has 0 spiro atoms. The van der Waals surface area contributed by atoms with Gasteiger partial charge in [-0.25, -0.2) is 0 Å². The van der Waals surface area contributed by atoms with Crippen LogP contribution in [0, 0.1) is 0 Å².